The van der Waals surface area contributed by atoms with Crippen molar-refractivity contribution < 1.29 is 4.79 Å². The van der Waals surface area contributed by atoms with Crippen LogP contribution in [0.5, 0.6) is 0 Å². The molecule has 0 amide bonds. The minimum Gasteiger partial charge on any atom is -0.311 e. The fraction of sp³-hybridized carbons (Fsp3) is 0.875. The van der Waals surface area contributed by atoms with E-state index in [1.807, 2.05) is 27.8 Å². The number of nitrogens with one attached hydrogen (secondary N) is 1. The van der Waals surface area contributed by atoms with Crippen molar-refractivity contribution in [3.8, 4) is 0 Å². The third-order valence-corrected chi connectivity index (χ3v) is 1.67. The van der Waals surface area contributed by atoms with Crippen LogP contribution in [0.15, 0.2) is 0 Å². The summed E-state index contributed by atoms with van der Waals surface area (Å²) in [6.45, 7) is 5.88. The zero-order valence-corrected chi connectivity index (χ0v) is 7.27. The Morgan fingerprint density at radius 3 is 2.10 bits per heavy atom. The zero-order valence-electron chi connectivity index (χ0n) is 7.27. The smallest absolute Gasteiger partial charge is 0.152 e. The molecule has 0 aromatic rings. The highest BCUT2D eigenvalue weighted by atomic mass is 16.1. The van der Waals surface area contributed by atoms with Crippen LogP contribution in [0.1, 0.15) is 27.2 Å². The molecule has 0 aliphatic carbocycles. The highest BCUT2D eigenvalue weighted by Crippen LogP contribution is 2.01. The second-order valence-corrected chi connectivity index (χ2v) is 2.81. The second-order valence-electron chi connectivity index (χ2n) is 2.81. The second kappa shape index (κ2) is 4.45. The van der Waals surface area contributed by atoms with Gasteiger partial charge in [-0.05, 0) is 13.5 Å². The molecule has 0 saturated heterocycles. The summed E-state index contributed by atoms with van der Waals surface area (Å²) in [6, 6.07) is 0.0556. The Kier molecular flexibility index (Phi) is 4.28. The molecule has 0 aliphatic heterocycles. The van der Waals surface area contributed by atoms with Gasteiger partial charge in [-0.2, -0.15) is 0 Å². The maximum absolute atomic E-state index is 11.2. The Balaban J connectivity index is 3.89. The standard InChI is InChI=1S/C8H17NO/c1-5-7(9-4)8(10)6(2)3/h6-7,9H,5H2,1-4H3/t7-/m0/s1. The van der Waals surface area contributed by atoms with E-state index >= 15 is 0 Å². The predicted molar refractivity (Wildman–Crippen MR) is 43.0 cm³/mol. The monoisotopic (exact) mass is 143 g/mol. The normalized spacial score (nSPS) is 13.7. The topological polar surface area (TPSA) is 29.1 Å². The molecule has 0 spiro atoms. The van der Waals surface area contributed by atoms with Crippen LogP contribution < -0.4 is 5.32 Å². The molecule has 1 atom stereocenters. The molecule has 0 aliphatic rings. The van der Waals surface area contributed by atoms with E-state index in [1.54, 1.807) is 0 Å². The lowest BCUT2D eigenvalue weighted by Gasteiger charge is -2.14. The summed E-state index contributed by atoms with van der Waals surface area (Å²) in [5.74, 6) is 0.461. The van der Waals surface area contributed by atoms with E-state index in [-0.39, 0.29) is 12.0 Å². The maximum Gasteiger partial charge on any atom is 0.152 e. The molecule has 0 bridgehead atoms. The molecule has 1 N–H and O–H groups in total. The fourth-order valence-electron chi connectivity index (χ4n) is 0.950. The van der Waals surface area contributed by atoms with Crippen molar-refractivity contribution in [1.82, 2.24) is 5.32 Å². The van der Waals surface area contributed by atoms with E-state index in [2.05, 4.69) is 5.32 Å². The number of Topliss-reactive ketones (excluding diaryl/α,β-unsaturated/α-hetero) is 1. The van der Waals surface area contributed by atoms with Gasteiger partial charge in [-0.25, -0.2) is 0 Å². The summed E-state index contributed by atoms with van der Waals surface area (Å²) in [4.78, 5) is 11.2. The quantitative estimate of drug-likeness (QED) is 0.641. The molecule has 0 unspecified atom stereocenters. The van der Waals surface area contributed by atoms with Crippen molar-refractivity contribution in [2.45, 2.75) is 33.2 Å². The molecule has 0 saturated carbocycles. The first kappa shape index (κ1) is 9.63. The highest BCUT2D eigenvalue weighted by molar-refractivity contribution is 5.85. The Bertz CT molecular complexity index is 106. The van der Waals surface area contributed by atoms with Gasteiger partial charge in [-0.3, -0.25) is 4.79 Å². The molecule has 0 aromatic heterocycles. The number of carbonyl (C=O) groups excluding carboxylic acids is 1. The van der Waals surface area contributed by atoms with Crippen molar-refractivity contribution in [2.24, 2.45) is 5.92 Å². The first-order valence-electron chi connectivity index (χ1n) is 3.84. The summed E-state index contributed by atoms with van der Waals surface area (Å²) in [6.07, 6.45) is 0.882. The Hall–Kier alpha value is -0.370. The summed E-state index contributed by atoms with van der Waals surface area (Å²) >= 11 is 0. The predicted octanol–water partition coefficient (Wildman–Crippen LogP) is 1.21. The van der Waals surface area contributed by atoms with Gasteiger partial charge in [-0.1, -0.05) is 20.8 Å². The number of ketones is 1. The number of hydrogen-bond acceptors (Lipinski definition) is 2. The van der Waals surface area contributed by atoms with Crippen molar-refractivity contribution >= 4 is 5.78 Å². The first-order chi connectivity index (χ1) is 4.63. The first-order valence-corrected chi connectivity index (χ1v) is 3.84. The van der Waals surface area contributed by atoms with Crippen LogP contribution in [0.4, 0.5) is 0 Å². The van der Waals surface area contributed by atoms with Crippen LogP contribution in [-0.2, 0) is 4.79 Å². The van der Waals surface area contributed by atoms with Crippen molar-refractivity contribution in [2.75, 3.05) is 7.05 Å². The molecule has 0 rings (SSSR count). The van der Waals surface area contributed by atoms with Gasteiger partial charge in [-0.15, -0.1) is 0 Å². The molecule has 60 valence electrons. The summed E-state index contributed by atoms with van der Waals surface area (Å²) in [5, 5.41) is 2.98. The van der Waals surface area contributed by atoms with E-state index in [9.17, 15) is 4.79 Å². The number of rotatable bonds is 4. The molecular weight excluding hydrogens is 126 g/mol. The van der Waals surface area contributed by atoms with Gasteiger partial charge in [0.1, 0.15) is 0 Å². The summed E-state index contributed by atoms with van der Waals surface area (Å²) in [5.41, 5.74) is 0. The number of carbonyl (C=O) groups is 1. The van der Waals surface area contributed by atoms with Crippen LogP contribution in [0.2, 0.25) is 0 Å². The SMILES string of the molecule is CC[C@H](NC)C(=O)C(C)C. The lowest BCUT2D eigenvalue weighted by Crippen LogP contribution is -2.35. The van der Waals surface area contributed by atoms with Crippen LogP contribution in [0.25, 0.3) is 0 Å². The number of hydrogen-bond donors (Lipinski definition) is 1. The third-order valence-electron chi connectivity index (χ3n) is 1.67. The van der Waals surface area contributed by atoms with Crippen LogP contribution in [0, 0.1) is 5.92 Å². The van der Waals surface area contributed by atoms with Gasteiger partial charge in [0.05, 0.1) is 6.04 Å². The highest BCUT2D eigenvalue weighted by Gasteiger charge is 2.16. The van der Waals surface area contributed by atoms with Crippen LogP contribution >= 0.6 is 0 Å². The van der Waals surface area contributed by atoms with Gasteiger partial charge in [0.15, 0.2) is 5.78 Å². The minimum atomic E-state index is 0.0556. The van der Waals surface area contributed by atoms with Crippen molar-refractivity contribution in [3.05, 3.63) is 0 Å². The van der Waals surface area contributed by atoms with Gasteiger partial charge in [0.2, 0.25) is 0 Å². The molecule has 0 heterocycles. The molecular formula is C8H17NO. The fourth-order valence-corrected chi connectivity index (χ4v) is 0.950. The zero-order chi connectivity index (χ0) is 8.15. The Morgan fingerprint density at radius 1 is 1.50 bits per heavy atom. The van der Waals surface area contributed by atoms with E-state index < -0.39 is 0 Å². The third kappa shape index (κ3) is 2.48. The van der Waals surface area contributed by atoms with Gasteiger partial charge >= 0.3 is 0 Å². The van der Waals surface area contributed by atoms with E-state index in [4.69, 9.17) is 0 Å². The van der Waals surface area contributed by atoms with Crippen molar-refractivity contribution in [1.29, 1.82) is 0 Å². The summed E-state index contributed by atoms with van der Waals surface area (Å²) < 4.78 is 0. The average Bonchev–Trinajstić information content (AvgIpc) is 1.90. The minimum absolute atomic E-state index is 0.0556. The van der Waals surface area contributed by atoms with E-state index in [0.717, 1.165) is 6.42 Å². The Morgan fingerprint density at radius 2 is 2.00 bits per heavy atom. The lowest BCUT2D eigenvalue weighted by atomic mass is 10.0. The summed E-state index contributed by atoms with van der Waals surface area (Å²) in [7, 11) is 1.83. The molecule has 0 fully saturated rings. The van der Waals surface area contributed by atoms with Crippen LogP contribution in [0.3, 0.4) is 0 Å². The van der Waals surface area contributed by atoms with Gasteiger partial charge in [0.25, 0.3) is 0 Å². The van der Waals surface area contributed by atoms with Crippen molar-refractivity contribution in [3.63, 3.8) is 0 Å². The maximum atomic E-state index is 11.2. The molecule has 2 nitrogen and oxygen atoms in total. The largest absolute Gasteiger partial charge is 0.311 e. The van der Waals surface area contributed by atoms with E-state index in [1.165, 1.54) is 0 Å². The molecule has 2 heteroatoms. The van der Waals surface area contributed by atoms with Gasteiger partial charge < -0.3 is 5.32 Å². The number of likely N-dealkylation sites (N-methyl/N-ethyl adjacent to an activating group) is 1. The molecule has 10 heavy (non-hydrogen) atoms. The Labute approximate surface area is 63.0 Å². The molecule has 0 radical (unpaired) electrons. The van der Waals surface area contributed by atoms with Gasteiger partial charge in [0, 0.05) is 5.92 Å². The van der Waals surface area contributed by atoms with E-state index in [0.29, 0.717) is 5.78 Å². The average molecular weight is 143 g/mol. The molecule has 0 aromatic carbocycles. The lowest BCUT2D eigenvalue weighted by molar-refractivity contribution is -0.123. The van der Waals surface area contributed by atoms with Crippen LogP contribution in [-0.4, -0.2) is 18.9 Å².